The van der Waals surface area contributed by atoms with Crippen LogP contribution in [0.3, 0.4) is 0 Å². The van der Waals surface area contributed by atoms with E-state index in [1.54, 1.807) is 16.8 Å². The van der Waals surface area contributed by atoms with E-state index in [0.29, 0.717) is 10.6 Å². The topological polar surface area (TPSA) is 83.6 Å². The average molecular weight is 334 g/mol. The Balaban J connectivity index is 1.69. The van der Waals surface area contributed by atoms with Crippen molar-refractivity contribution in [3.05, 3.63) is 40.3 Å². The summed E-state index contributed by atoms with van der Waals surface area (Å²) in [6.07, 6.45) is 0. The lowest BCUT2D eigenvalue weighted by Gasteiger charge is -2.00. The molecule has 0 fully saturated rings. The third-order valence-corrected chi connectivity index (χ3v) is 4.47. The third-order valence-electron chi connectivity index (χ3n) is 3.29. The molecular weight excluding hydrogens is 320 g/mol. The fourth-order valence-electron chi connectivity index (χ4n) is 2.18. The first kappa shape index (κ1) is 15.3. The zero-order valence-electron chi connectivity index (χ0n) is 12.8. The minimum absolute atomic E-state index is 0.0543. The van der Waals surface area contributed by atoms with Gasteiger partial charge < -0.3 is 13.9 Å². The molecule has 0 aliphatic carbocycles. The molecule has 23 heavy (non-hydrogen) atoms. The molecule has 0 bridgehead atoms. The highest BCUT2D eigenvalue weighted by Gasteiger charge is 2.17. The quantitative estimate of drug-likeness (QED) is 0.682. The van der Waals surface area contributed by atoms with Gasteiger partial charge in [-0.05, 0) is 25.1 Å². The van der Waals surface area contributed by atoms with Gasteiger partial charge in [0.15, 0.2) is 0 Å². The first-order valence-electron chi connectivity index (χ1n) is 6.77. The number of ether oxygens (including phenoxy) is 2. The number of aryl methyl sites for hydroxylation is 2. The van der Waals surface area contributed by atoms with Gasteiger partial charge in [0, 0.05) is 12.4 Å². The van der Waals surface area contributed by atoms with Crippen LogP contribution in [0.25, 0.3) is 10.2 Å². The van der Waals surface area contributed by atoms with Crippen molar-refractivity contribution in [2.45, 2.75) is 13.5 Å². The highest BCUT2D eigenvalue weighted by Crippen LogP contribution is 2.28. The highest BCUT2D eigenvalue weighted by molar-refractivity contribution is 7.20. The van der Waals surface area contributed by atoms with Crippen molar-refractivity contribution in [3.63, 3.8) is 0 Å². The molecule has 8 heteroatoms. The Bertz CT molecular complexity index is 855. The first-order chi connectivity index (χ1) is 11.0. The van der Waals surface area contributed by atoms with E-state index in [0.717, 1.165) is 15.9 Å². The molecule has 0 saturated heterocycles. The molecule has 3 rings (SSSR count). The number of esters is 2. The van der Waals surface area contributed by atoms with E-state index < -0.39 is 11.9 Å². The maximum Gasteiger partial charge on any atom is 0.373 e. The number of nitrogens with zero attached hydrogens (tertiary/aromatic N) is 2. The van der Waals surface area contributed by atoms with Crippen molar-refractivity contribution >= 4 is 33.5 Å². The summed E-state index contributed by atoms with van der Waals surface area (Å²) in [6.45, 7) is 1.84. The fourth-order valence-corrected chi connectivity index (χ4v) is 3.20. The first-order valence-corrected chi connectivity index (χ1v) is 7.58. The maximum absolute atomic E-state index is 12.1. The second kappa shape index (κ2) is 5.88. The molecule has 0 saturated carbocycles. The summed E-state index contributed by atoms with van der Waals surface area (Å²) in [5, 5.41) is 5.23. The number of aromatic nitrogens is 2. The van der Waals surface area contributed by atoms with Gasteiger partial charge in [0.2, 0.25) is 5.76 Å². The summed E-state index contributed by atoms with van der Waals surface area (Å²) in [4.78, 5) is 24.8. The van der Waals surface area contributed by atoms with Crippen LogP contribution in [0.5, 0.6) is 0 Å². The summed E-state index contributed by atoms with van der Waals surface area (Å²) in [7, 11) is 3.10. The van der Waals surface area contributed by atoms with Gasteiger partial charge in [0.25, 0.3) is 0 Å². The summed E-state index contributed by atoms with van der Waals surface area (Å²) >= 11 is 1.32. The van der Waals surface area contributed by atoms with Crippen LogP contribution < -0.4 is 0 Å². The van der Waals surface area contributed by atoms with Gasteiger partial charge in [0.05, 0.1) is 12.8 Å². The number of methoxy groups -OCH3 is 1. The number of thiophene rings is 1. The number of fused-ring (bicyclic) bond motifs is 1. The highest BCUT2D eigenvalue weighted by atomic mass is 32.1. The van der Waals surface area contributed by atoms with Gasteiger partial charge in [-0.2, -0.15) is 5.10 Å². The predicted molar refractivity (Wildman–Crippen MR) is 82.5 cm³/mol. The molecule has 7 nitrogen and oxygen atoms in total. The van der Waals surface area contributed by atoms with Gasteiger partial charge in [-0.15, -0.1) is 11.3 Å². The van der Waals surface area contributed by atoms with E-state index in [-0.39, 0.29) is 12.4 Å². The normalized spacial score (nSPS) is 10.9. The van der Waals surface area contributed by atoms with Gasteiger partial charge in [0.1, 0.15) is 22.1 Å². The molecule has 0 aliphatic rings. The van der Waals surface area contributed by atoms with E-state index in [9.17, 15) is 9.59 Å². The van der Waals surface area contributed by atoms with E-state index in [1.807, 2.05) is 14.0 Å². The van der Waals surface area contributed by atoms with Crippen molar-refractivity contribution in [3.8, 4) is 0 Å². The van der Waals surface area contributed by atoms with Crippen molar-refractivity contribution in [1.29, 1.82) is 0 Å². The lowest BCUT2D eigenvalue weighted by Crippen LogP contribution is -2.03. The second-order valence-electron chi connectivity index (χ2n) is 4.87. The van der Waals surface area contributed by atoms with Crippen LogP contribution in [-0.2, 0) is 23.1 Å². The van der Waals surface area contributed by atoms with E-state index in [4.69, 9.17) is 9.15 Å². The molecule has 0 radical (unpaired) electrons. The Kier molecular flexibility index (Phi) is 3.91. The predicted octanol–water partition coefficient (Wildman–Crippen LogP) is 2.68. The van der Waals surface area contributed by atoms with Crippen molar-refractivity contribution in [2.24, 2.45) is 7.05 Å². The van der Waals surface area contributed by atoms with Crippen LogP contribution in [0.4, 0.5) is 0 Å². The Hall–Kier alpha value is -2.61. The molecule has 3 heterocycles. The number of carbonyl (C=O) groups is 2. The van der Waals surface area contributed by atoms with Crippen LogP contribution in [0.1, 0.15) is 31.7 Å². The molecule has 0 atom stereocenters. The molecule has 0 amide bonds. The van der Waals surface area contributed by atoms with E-state index in [2.05, 4.69) is 9.84 Å². The summed E-state index contributed by atoms with van der Waals surface area (Å²) in [5.74, 6) is -0.573. The number of hydrogen-bond acceptors (Lipinski definition) is 7. The van der Waals surface area contributed by atoms with Crippen LogP contribution in [0.2, 0.25) is 0 Å². The van der Waals surface area contributed by atoms with Crippen molar-refractivity contribution in [2.75, 3.05) is 7.11 Å². The van der Waals surface area contributed by atoms with Crippen LogP contribution in [0, 0.1) is 6.92 Å². The smallest absolute Gasteiger partial charge is 0.373 e. The zero-order chi connectivity index (χ0) is 16.6. The number of furan rings is 1. The largest absolute Gasteiger partial charge is 0.463 e. The molecule has 0 N–H and O–H groups in total. The lowest BCUT2D eigenvalue weighted by molar-refractivity contribution is 0.0444. The van der Waals surface area contributed by atoms with Gasteiger partial charge >= 0.3 is 11.9 Å². The molecule has 0 unspecified atom stereocenters. The number of hydrogen-bond donors (Lipinski definition) is 0. The number of rotatable bonds is 4. The van der Waals surface area contributed by atoms with Crippen molar-refractivity contribution < 1.29 is 23.5 Å². The third kappa shape index (κ3) is 2.85. The van der Waals surface area contributed by atoms with Crippen LogP contribution in [-0.4, -0.2) is 28.8 Å². The fraction of sp³-hybridized carbons (Fsp3) is 0.267. The van der Waals surface area contributed by atoms with Crippen molar-refractivity contribution in [1.82, 2.24) is 9.78 Å². The second-order valence-corrected chi connectivity index (χ2v) is 5.90. The minimum Gasteiger partial charge on any atom is -0.463 e. The van der Waals surface area contributed by atoms with Crippen LogP contribution in [0.15, 0.2) is 22.6 Å². The minimum atomic E-state index is -0.574. The Labute approximate surface area is 135 Å². The maximum atomic E-state index is 12.1. The molecule has 0 spiro atoms. The van der Waals surface area contributed by atoms with E-state index >= 15 is 0 Å². The standard InChI is InChI=1S/C15H14N2O5S/c1-8-10-6-12(23-13(10)17(2)16-8)15(19)21-7-9-4-5-11(22-9)14(18)20-3/h4-6H,7H2,1-3H3. The molecule has 3 aromatic rings. The SMILES string of the molecule is COC(=O)c1ccc(COC(=O)c2cc3c(C)nn(C)c3s2)o1. The summed E-state index contributed by atoms with van der Waals surface area (Å²) in [5.41, 5.74) is 0.867. The molecule has 0 aromatic carbocycles. The summed E-state index contributed by atoms with van der Waals surface area (Å²) < 4.78 is 16.7. The average Bonchev–Trinajstić information content (AvgIpc) is 3.23. The summed E-state index contributed by atoms with van der Waals surface area (Å²) in [6, 6.07) is 4.81. The van der Waals surface area contributed by atoms with Gasteiger partial charge in [-0.25, -0.2) is 9.59 Å². The lowest BCUT2D eigenvalue weighted by atomic mass is 10.3. The Morgan fingerprint density at radius 3 is 2.83 bits per heavy atom. The molecule has 3 aromatic heterocycles. The van der Waals surface area contributed by atoms with Gasteiger partial charge in [-0.1, -0.05) is 0 Å². The van der Waals surface area contributed by atoms with Crippen LogP contribution >= 0.6 is 11.3 Å². The zero-order valence-corrected chi connectivity index (χ0v) is 13.6. The Morgan fingerprint density at radius 2 is 2.13 bits per heavy atom. The Morgan fingerprint density at radius 1 is 1.35 bits per heavy atom. The van der Waals surface area contributed by atoms with E-state index in [1.165, 1.54) is 24.5 Å². The number of carbonyl (C=O) groups excluding carboxylic acids is 2. The monoisotopic (exact) mass is 334 g/mol. The van der Waals surface area contributed by atoms with Gasteiger partial charge in [-0.3, -0.25) is 4.68 Å². The molecule has 120 valence electrons. The molecule has 0 aliphatic heterocycles. The molecular formula is C15H14N2O5S.